The summed E-state index contributed by atoms with van der Waals surface area (Å²) < 4.78 is 72.4. The van der Waals surface area contributed by atoms with Gasteiger partial charge in [0.1, 0.15) is 0 Å². The second kappa shape index (κ2) is 6.14. The minimum Gasteiger partial charge on any atom is -0.282 e. The lowest BCUT2D eigenvalue weighted by Crippen LogP contribution is -2.54. The van der Waals surface area contributed by atoms with Gasteiger partial charge in [-0.1, -0.05) is 19.3 Å². The highest BCUT2D eigenvalue weighted by atomic mass is 32.3. The smallest absolute Gasteiger partial charge is 0.282 e. The van der Waals surface area contributed by atoms with Gasteiger partial charge in [-0.2, -0.15) is 8.42 Å². The number of halogens is 1. The Morgan fingerprint density at radius 3 is 1.77 bits per heavy atom. The van der Waals surface area contributed by atoms with Crippen molar-refractivity contribution >= 4 is 20.0 Å². The van der Waals surface area contributed by atoms with E-state index in [2.05, 4.69) is 0 Å². The van der Waals surface area contributed by atoms with Gasteiger partial charge in [0.2, 0.25) is 9.84 Å². The van der Waals surface area contributed by atoms with Gasteiger partial charge in [0.25, 0.3) is 0 Å². The van der Waals surface area contributed by atoms with E-state index in [0.29, 0.717) is 49.9 Å². The number of alkyl halides is 1. The molecule has 0 aromatic rings. The van der Waals surface area contributed by atoms with E-state index in [1.807, 2.05) is 0 Å². The SMILES string of the molecule is O=S(=O)(O)C(F)(CC12CC3CC(CC(C3)C1)C2)S(=O)(=O)C1CCCCC1. The average Bonchev–Trinajstić information content (AvgIpc) is 2.52. The molecule has 0 spiro atoms. The average molecular weight is 409 g/mol. The fraction of sp³-hybridized carbons (Fsp3) is 1.00. The molecule has 0 aliphatic heterocycles. The van der Waals surface area contributed by atoms with Crippen molar-refractivity contribution in [1.82, 2.24) is 0 Å². The van der Waals surface area contributed by atoms with Crippen molar-refractivity contribution in [1.29, 1.82) is 0 Å². The Hall–Kier alpha value is -0.210. The second-order valence-electron chi connectivity index (χ2n) is 9.53. The molecule has 5 nitrogen and oxygen atoms in total. The lowest BCUT2D eigenvalue weighted by molar-refractivity contribution is -0.0660. The van der Waals surface area contributed by atoms with Crippen molar-refractivity contribution in [2.45, 2.75) is 86.6 Å². The predicted molar refractivity (Wildman–Crippen MR) is 96.4 cm³/mol. The first kappa shape index (κ1) is 19.1. The first-order valence-electron chi connectivity index (χ1n) is 9.94. The topological polar surface area (TPSA) is 88.5 Å². The van der Waals surface area contributed by atoms with Crippen LogP contribution in [0.3, 0.4) is 0 Å². The standard InChI is InChI=1S/C18H29FO5S2/c19-18(26(22,23)24,25(20,21)16-4-2-1-3-5-16)12-17-9-13-6-14(10-17)8-15(7-13)11-17/h13-16H,1-12H2,(H,22,23,24). The molecular weight excluding hydrogens is 379 g/mol. The Labute approximate surface area is 155 Å². The molecule has 1 unspecified atom stereocenters. The maximum atomic E-state index is 15.9. The first-order chi connectivity index (χ1) is 12.0. The van der Waals surface area contributed by atoms with Crippen molar-refractivity contribution in [2.75, 3.05) is 0 Å². The molecule has 5 saturated carbocycles. The first-order valence-corrected chi connectivity index (χ1v) is 12.9. The van der Waals surface area contributed by atoms with Crippen LogP contribution in [0.5, 0.6) is 0 Å². The largest absolute Gasteiger partial charge is 0.334 e. The summed E-state index contributed by atoms with van der Waals surface area (Å²) in [4.78, 5) is 0. The third-order valence-electron chi connectivity index (χ3n) is 7.55. The Balaban J connectivity index is 1.69. The molecular formula is C18H29FO5S2. The summed E-state index contributed by atoms with van der Waals surface area (Å²) in [6.45, 7) is 0. The van der Waals surface area contributed by atoms with E-state index in [9.17, 15) is 21.4 Å². The summed E-state index contributed by atoms with van der Waals surface area (Å²) in [6, 6.07) is 0. The Morgan fingerprint density at radius 1 is 0.885 bits per heavy atom. The van der Waals surface area contributed by atoms with Crippen LogP contribution in [-0.4, -0.2) is 31.0 Å². The highest BCUT2D eigenvalue weighted by Gasteiger charge is 2.64. The molecule has 5 fully saturated rings. The quantitative estimate of drug-likeness (QED) is 0.698. The third kappa shape index (κ3) is 2.94. The Kier molecular flexibility index (Phi) is 4.52. The molecule has 0 amide bonds. The van der Waals surface area contributed by atoms with Gasteiger partial charge in [0, 0.05) is 6.42 Å². The molecule has 0 saturated heterocycles. The number of rotatable bonds is 5. The number of sulfone groups is 1. The molecule has 1 N–H and O–H groups in total. The fourth-order valence-electron chi connectivity index (χ4n) is 6.92. The lowest BCUT2D eigenvalue weighted by Gasteiger charge is -2.57. The molecule has 150 valence electrons. The number of hydrogen-bond acceptors (Lipinski definition) is 4. The zero-order chi connectivity index (χ0) is 18.8. The van der Waals surface area contributed by atoms with Crippen LogP contribution in [-0.2, 0) is 20.0 Å². The van der Waals surface area contributed by atoms with Crippen molar-refractivity contribution in [3.05, 3.63) is 0 Å². The van der Waals surface area contributed by atoms with Crippen LogP contribution in [0.15, 0.2) is 0 Å². The van der Waals surface area contributed by atoms with Crippen molar-refractivity contribution in [3.8, 4) is 0 Å². The molecule has 5 aliphatic carbocycles. The molecule has 8 heteroatoms. The monoisotopic (exact) mass is 408 g/mol. The van der Waals surface area contributed by atoms with E-state index < -0.39 is 41.4 Å². The van der Waals surface area contributed by atoms with Gasteiger partial charge >= 0.3 is 14.5 Å². The molecule has 0 aromatic heterocycles. The molecule has 5 aliphatic rings. The summed E-state index contributed by atoms with van der Waals surface area (Å²) in [5, 5.41) is -1.00. The molecule has 0 radical (unpaired) electrons. The minimum absolute atomic E-state index is 0.282. The van der Waals surface area contributed by atoms with Crippen LogP contribution < -0.4 is 0 Å². The molecule has 0 heterocycles. The van der Waals surface area contributed by atoms with Gasteiger partial charge < -0.3 is 0 Å². The van der Waals surface area contributed by atoms with Gasteiger partial charge in [0.05, 0.1) is 5.25 Å². The van der Waals surface area contributed by atoms with Gasteiger partial charge in [-0.15, -0.1) is 0 Å². The zero-order valence-electron chi connectivity index (χ0n) is 15.1. The van der Waals surface area contributed by atoms with E-state index in [4.69, 9.17) is 0 Å². The van der Waals surface area contributed by atoms with Crippen LogP contribution in [0.4, 0.5) is 4.39 Å². The van der Waals surface area contributed by atoms with Crippen LogP contribution in [0.1, 0.15) is 77.0 Å². The third-order valence-corrected chi connectivity index (χ3v) is 12.1. The van der Waals surface area contributed by atoms with Crippen molar-refractivity contribution in [3.63, 3.8) is 0 Å². The van der Waals surface area contributed by atoms with E-state index in [-0.39, 0.29) is 12.8 Å². The minimum atomic E-state index is -5.37. The molecule has 26 heavy (non-hydrogen) atoms. The van der Waals surface area contributed by atoms with Gasteiger partial charge in [-0.3, -0.25) is 4.55 Å². The molecule has 0 aromatic carbocycles. The molecule has 1 atom stereocenters. The van der Waals surface area contributed by atoms with E-state index in [0.717, 1.165) is 25.7 Å². The number of hydrogen-bond donors (Lipinski definition) is 1. The van der Waals surface area contributed by atoms with Gasteiger partial charge in [0.15, 0.2) is 0 Å². The summed E-state index contributed by atoms with van der Waals surface area (Å²) in [7, 11) is -10.00. The fourth-order valence-corrected chi connectivity index (χ4v) is 10.9. The summed E-state index contributed by atoms with van der Waals surface area (Å²) in [6.07, 6.45) is 7.55. The molecule has 4 bridgehead atoms. The predicted octanol–water partition coefficient (Wildman–Crippen LogP) is 3.85. The lowest BCUT2D eigenvalue weighted by atomic mass is 9.49. The highest BCUT2D eigenvalue weighted by molar-refractivity contribution is 8.08. The normalized spacial score (nSPS) is 40.5. The maximum Gasteiger partial charge on any atom is 0.334 e. The van der Waals surface area contributed by atoms with Crippen molar-refractivity contribution < 1.29 is 25.8 Å². The Morgan fingerprint density at radius 2 is 1.35 bits per heavy atom. The Bertz CT molecular complexity index is 734. The van der Waals surface area contributed by atoms with E-state index in [1.165, 1.54) is 0 Å². The summed E-state index contributed by atoms with van der Waals surface area (Å²) in [5.74, 6) is 1.35. The van der Waals surface area contributed by atoms with Crippen LogP contribution in [0.2, 0.25) is 0 Å². The van der Waals surface area contributed by atoms with Gasteiger partial charge in [-0.05, 0) is 74.5 Å². The van der Waals surface area contributed by atoms with E-state index >= 15 is 4.39 Å². The summed E-state index contributed by atoms with van der Waals surface area (Å²) in [5.41, 5.74) is -0.596. The van der Waals surface area contributed by atoms with Crippen LogP contribution in [0.25, 0.3) is 0 Å². The zero-order valence-corrected chi connectivity index (χ0v) is 16.7. The molecule has 5 rings (SSSR count). The van der Waals surface area contributed by atoms with Crippen LogP contribution >= 0.6 is 0 Å². The van der Waals surface area contributed by atoms with E-state index in [1.54, 1.807) is 0 Å². The van der Waals surface area contributed by atoms with Crippen LogP contribution in [0, 0.1) is 23.2 Å². The maximum absolute atomic E-state index is 15.9. The van der Waals surface area contributed by atoms with Crippen molar-refractivity contribution in [2.24, 2.45) is 23.2 Å². The summed E-state index contributed by atoms with van der Waals surface area (Å²) >= 11 is 0. The van der Waals surface area contributed by atoms with Gasteiger partial charge in [-0.25, -0.2) is 12.8 Å². The second-order valence-corrected chi connectivity index (χ2v) is 13.8. The highest BCUT2D eigenvalue weighted by Crippen LogP contribution is 2.63.